The summed E-state index contributed by atoms with van der Waals surface area (Å²) in [5, 5.41) is 11.5. The number of nitrogens with one attached hydrogen (secondary N) is 1. The molecule has 0 saturated heterocycles. The minimum absolute atomic E-state index is 0.0277. The average Bonchev–Trinajstić information content (AvgIpc) is 2.30. The van der Waals surface area contributed by atoms with Crippen molar-refractivity contribution in [1.29, 1.82) is 0 Å². The number of carbonyl (C=O) groups excluding carboxylic acids is 1. The van der Waals surface area contributed by atoms with Crippen molar-refractivity contribution in [3.05, 3.63) is 40.4 Å². The first kappa shape index (κ1) is 14.2. The Labute approximate surface area is 113 Å². The van der Waals surface area contributed by atoms with Gasteiger partial charge in [0.05, 0.1) is 11.3 Å². The van der Waals surface area contributed by atoms with Crippen molar-refractivity contribution in [3.8, 4) is 0 Å². The third kappa shape index (κ3) is 3.33. The fourth-order valence-electron chi connectivity index (χ4n) is 1.35. The maximum Gasteiger partial charge on any atom is 0.411 e. The van der Waals surface area contributed by atoms with E-state index in [9.17, 15) is 9.59 Å². The fourth-order valence-corrected chi connectivity index (χ4v) is 1.78. The average molecular weight is 314 g/mol. The number of hydrogen-bond acceptors (Lipinski definition) is 3. The number of halogens is 1. The molecule has 2 N–H and O–H groups in total. The lowest BCUT2D eigenvalue weighted by atomic mass is 10.1. The highest BCUT2D eigenvalue weighted by Crippen LogP contribution is 2.29. The van der Waals surface area contributed by atoms with Crippen molar-refractivity contribution in [2.24, 2.45) is 0 Å². The highest BCUT2D eigenvalue weighted by Gasteiger charge is 2.18. The van der Waals surface area contributed by atoms with Crippen LogP contribution >= 0.6 is 15.9 Å². The van der Waals surface area contributed by atoms with E-state index in [0.29, 0.717) is 10.0 Å². The van der Waals surface area contributed by atoms with Gasteiger partial charge >= 0.3 is 12.1 Å². The van der Waals surface area contributed by atoms with E-state index in [1.165, 1.54) is 6.08 Å². The summed E-state index contributed by atoms with van der Waals surface area (Å²) in [5.41, 5.74) is 0.751. The zero-order chi connectivity index (χ0) is 13.7. The van der Waals surface area contributed by atoms with Crippen LogP contribution in [0.15, 0.2) is 29.3 Å². The Bertz CT molecular complexity index is 499. The first-order valence-electron chi connectivity index (χ1n) is 5.04. The summed E-state index contributed by atoms with van der Waals surface area (Å²) in [5.74, 6) is -1.12. The largest absolute Gasteiger partial charge is 0.478 e. The molecular formula is C12H12BrNO4. The van der Waals surface area contributed by atoms with E-state index in [0.717, 1.165) is 0 Å². The molecule has 0 atom stereocenters. The van der Waals surface area contributed by atoms with E-state index in [1.54, 1.807) is 19.1 Å². The lowest BCUT2D eigenvalue weighted by Crippen LogP contribution is -2.17. The van der Waals surface area contributed by atoms with Gasteiger partial charge in [0.2, 0.25) is 0 Å². The fraction of sp³-hybridized carbons (Fsp3) is 0.167. The Morgan fingerprint density at radius 3 is 2.78 bits per heavy atom. The molecule has 1 rings (SSSR count). The monoisotopic (exact) mass is 313 g/mol. The number of amides is 1. The Morgan fingerprint density at radius 1 is 1.56 bits per heavy atom. The molecule has 18 heavy (non-hydrogen) atoms. The third-order valence-corrected chi connectivity index (χ3v) is 2.80. The number of carboxylic acids is 1. The quantitative estimate of drug-likeness (QED) is 0.837. The topological polar surface area (TPSA) is 75.6 Å². The molecule has 0 heterocycles. The molecule has 0 saturated carbocycles. The van der Waals surface area contributed by atoms with Crippen molar-refractivity contribution in [2.45, 2.75) is 6.92 Å². The number of carboxylic acid groups (broad SMARTS) is 1. The second-order valence-corrected chi connectivity index (χ2v) is 4.29. The minimum Gasteiger partial charge on any atom is -0.478 e. The van der Waals surface area contributed by atoms with Gasteiger partial charge in [-0.1, -0.05) is 18.7 Å². The van der Waals surface area contributed by atoms with Gasteiger partial charge in [-0.15, -0.1) is 0 Å². The van der Waals surface area contributed by atoms with Gasteiger partial charge in [-0.3, -0.25) is 5.32 Å². The molecule has 0 radical (unpaired) electrons. The van der Waals surface area contributed by atoms with Crippen LogP contribution in [0, 0.1) is 6.92 Å². The van der Waals surface area contributed by atoms with Gasteiger partial charge in [-0.2, -0.15) is 0 Å². The number of rotatable bonds is 4. The van der Waals surface area contributed by atoms with Crippen LogP contribution in [0.4, 0.5) is 10.5 Å². The lowest BCUT2D eigenvalue weighted by Gasteiger charge is -2.12. The molecule has 5 nitrogen and oxygen atoms in total. The summed E-state index contributed by atoms with van der Waals surface area (Å²) < 4.78 is 5.22. The Morgan fingerprint density at radius 2 is 2.22 bits per heavy atom. The Kier molecular flexibility index (Phi) is 4.91. The zero-order valence-electron chi connectivity index (χ0n) is 9.70. The number of ether oxygens (including phenoxy) is 1. The van der Waals surface area contributed by atoms with E-state index >= 15 is 0 Å². The van der Waals surface area contributed by atoms with Crippen LogP contribution in [0.25, 0.3) is 0 Å². The predicted molar refractivity (Wildman–Crippen MR) is 71.0 cm³/mol. The maximum atomic E-state index is 11.4. The molecule has 0 unspecified atom stereocenters. The van der Waals surface area contributed by atoms with Crippen LogP contribution < -0.4 is 5.32 Å². The summed E-state index contributed by atoms with van der Waals surface area (Å²) in [7, 11) is 0. The normalized spacial score (nSPS) is 9.67. The first-order chi connectivity index (χ1) is 8.47. The van der Waals surface area contributed by atoms with Gasteiger partial charge in [0.15, 0.2) is 0 Å². The summed E-state index contributed by atoms with van der Waals surface area (Å²) >= 11 is 3.19. The molecule has 96 valence electrons. The standard InChI is InChI=1S/C12H12BrNO4/c1-3-6-18-12(17)14-10-8(13)5-4-7(2)9(10)11(15)16/h3-5H,1,6H2,2H3,(H,14,17)(H,15,16). The molecule has 0 aliphatic heterocycles. The molecular weight excluding hydrogens is 302 g/mol. The van der Waals surface area contributed by atoms with Crippen LogP contribution in [0.1, 0.15) is 15.9 Å². The van der Waals surface area contributed by atoms with Gasteiger partial charge < -0.3 is 9.84 Å². The predicted octanol–water partition coefficient (Wildman–Crippen LogP) is 3.19. The van der Waals surface area contributed by atoms with E-state index < -0.39 is 12.1 Å². The Balaban J connectivity index is 3.07. The summed E-state index contributed by atoms with van der Waals surface area (Å²) in [4.78, 5) is 22.6. The molecule has 0 aliphatic carbocycles. The van der Waals surface area contributed by atoms with Gasteiger partial charge in [0.1, 0.15) is 6.61 Å². The molecule has 1 aromatic carbocycles. The number of carbonyl (C=O) groups is 2. The molecule has 0 spiro atoms. The van der Waals surface area contributed by atoms with E-state index in [2.05, 4.69) is 27.8 Å². The van der Waals surface area contributed by atoms with Crippen molar-refractivity contribution >= 4 is 33.7 Å². The van der Waals surface area contributed by atoms with Crippen LogP contribution in [0.2, 0.25) is 0 Å². The maximum absolute atomic E-state index is 11.4. The van der Waals surface area contributed by atoms with Gasteiger partial charge in [-0.25, -0.2) is 9.59 Å². The van der Waals surface area contributed by atoms with Crippen molar-refractivity contribution in [2.75, 3.05) is 11.9 Å². The van der Waals surface area contributed by atoms with Crippen LogP contribution in [-0.4, -0.2) is 23.8 Å². The highest BCUT2D eigenvalue weighted by atomic mass is 79.9. The summed E-state index contributed by atoms with van der Waals surface area (Å²) in [6, 6.07) is 3.30. The molecule has 0 aliphatic rings. The van der Waals surface area contributed by atoms with Crippen molar-refractivity contribution in [1.82, 2.24) is 0 Å². The van der Waals surface area contributed by atoms with Gasteiger partial charge in [-0.05, 0) is 34.5 Å². The SMILES string of the molecule is C=CCOC(=O)Nc1c(Br)ccc(C)c1C(=O)O. The number of hydrogen-bond donors (Lipinski definition) is 2. The lowest BCUT2D eigenvalue weighted by molar-refractivity contribution is 0.0697. The molecule has 0 bridgehead atoms. The van der Waals surface area contributed by atoms with Gasteiger partial charge in [0.25, 0.3) is 0 Å². The van der Waals surface area contributed by atoms with Crippen LogP contribution in [-0.2, 0) is 4.74 Å². The molecule has 0 aromatic heterocycles. The number of anilines is 1. The van der Waals surface area contributed by atoms with Crippen molar-refractivity contribution < 1.29 is 19.4 Å². The van der Waals surface area contributed by atoms with Crippen molar-refractivity contribution in [3.63, 3.8) is 0 Å². The number of aryl methyl sites for hydroxylation is 1. The second-order valence-electron chi connectivity index (χ2n) is 3.43. The van der Waals surface area contributed by atoms with E-state index in [1.807, 2.05) is 0 Å². The van der Waals surface area contributed by atoms with Crippen LogP contribution in [0.3, 0.4) is 0 Å². The smallest absolute Gasteiger partial charge is 0.411 e. The number of aromatic carboxylic acids is 1. The summed E-state index contributed by atoms with van der Waals surface area (Å²) in [6.45, 7) is 5.11. The molecule has 0 fully saturated rings. The van der Waals surface area contributed by atoms with Gasteiger partial charge in [0, 0.05) is 4.47 Å². The Hall–Kier alpha value is -1.82. The number of benzene rings is 1. The van der Waals surface area contributed by atoms with E-state index in [-0.39, 0.29) is 17.9 Å². The molecule has 1 aromatic rings. The highest BCUT2D eigenvalue weighted by molar-refractivity contribution is 9.10. The van der Waals surface area contributed by atoms with E-state index in [4.69, 9.17) is 9.84 Å². The summed E-state index contributed by atoms with van der Waals surface area (Å²) in [6.07, 6.45) is 0.687. The third-order valence-electron chi connectivity index (χ3n) is 2.14. The zero-order valence-corrected chi connectivity index (χ0v) is 11.3. The molecule has 6 heteroatoms. The first-order valence-corrected chi connectivity index (χ1v) is 5.83. The second kappa shape index (κ2) is 6.20. The molecule has 1 amide bonds. The minimum atomic E-state index is -1.12. The van der Waals surface area contributed by atoms with Crippen LogP contribution in [0.5, 0.6) is 0 Å².